The Bertz CT molecular complexity index is 441. The molecule has 0 saturated carbocycles. The molecule has 2 heteroatoms. The summed E-state index contributed by atoms with van der Waals surface area (Å²) in [6, 6.07) is 8.32. The second kappa shape index (κ2) is 8.59. The highest BCUT2D eigenvalue weighted by molar-refractivity contribution is 7.80. The highest BCUT2D eigenvalue weighted by Gasteiger charge is 2.42. The van der Waals surface area contributed by atoms with Gasteiger partial charge in [0.25, 0.3) is 0 Å². The van der Waals surface area contributed by atoms with Crippen molar-refractivity contribution in [2.45, 2.75) is 95.3 Å². The van der Waals surface area contributed by atoms with Gasteiger partial charge in [0.05, 0.1) is 8.07 Å². The molecule has 0 aliphatic heterocycles. The van der Waals surface area contributed by atoms with Gasteiger partial charge in [0, 0.05) is 4.90 Å². The van der Waals surface area contributed by atoms with Crippen LogP contribution in [0.1, 0.15) is 72.4 Å². The first kappa shape index (κ1) is 19.8. The van der Waals surface area contributed by atoms with E-state index in [1.807, 2.05) is 0 Å². The molecule has 0 saturated heterocycles. The predicted molar refractivity (Wildman–Crippen MR) is 107 cm³/mol. The molecule has 0 aliphatic carbocycles. The number of hydrogen-bond acceptors (Lipinski definition) is 1. The summed E-state index contributed by atoms with van der Waals surface area (Å²) in [6.45, 7) is 17.0. The minimum Gasteiger partial charge on any atom is -0.143 e. The van der Waals surface area contributed by atoms with Gasteiger partial charge in [-0.25, -0.2) is 0 Å². The normalized spacial score (nSPS) is 12.7. The first-order chi connectivity index (χ1) is 10.3. The third-order valence-corrected chi connectivity index (χ3v) is 13.6. The van der Waals surface area contributed by atoms with E-state index in [9.17, 15) is 0 Å². The molecular formula is C20H36SSi. The molecule has 126 valence electrons. The van der Waals surface area contributed by atoms with E-state index in [1.165, 1.54) is 35.8 Å². The molecular weight excluding hydrogens is 300 g/mol. The molecule has 0 heterocycles. The van der Waals surface area contributed by atoms with Crippen LogP contribution in [0, 0.1) is 0 Å². The second-order valence-corrected chi connectivity index (χ2v) is 14.3. The van der Waals surface area contributed by atoms with Gasteiger partial charge in [0.1, 0.15) is 0 Å². The monoisotopic (exact) mass is 336 g/mol. The van der Waals surface area contributed by atoms with Crippen LogP contribution in [0.4, 0.5) is 0 Å². The molecule has 0 nitrogen and oxygen atoms in total. The van der Waals surface area contributed by atoms with Crippen molar-refractivity contribution in [1.82, 2.24) is 0 Å². The van der Waals surface area contributed by atoms with E-state index in [0.29, 0.717) is 0 Å². The maximum atomic E-state index is 4.66. The molecule has 0 fully saturated rings. The SMILES string of the molecule is CCCCc1cc(C[Si](C(C)C)(C(C)C)C(C)C)ccc1S. The van der Waals surface area contributed by atoms with Crippen LogP contribution in [0.3, 0.4) is 0 Å². The molecule has 0 N–H and O–H groups in total. The number of aryl methyl sites for hydroxylation is 1. The summed E-state index contributed by atoms with van der Waals surface area (Å²) in [4.78, 5) is 1.17. The van der Waals surface area contributed by atoms with Crippen molar-refractivity contribution in [2.24, 2.45) is 0 Å². The standard InChI is InChI=1S/C20H36SSi/c1-8-9-10-19-13-18(11-12-20(19)21)14-22(15(2)3,16(4)5)17(6)7/h11-13,15-17,21H,8-10,14H2,1-7H3. The smallest absolute Gasteiger partial charge is 0.0656 e. The zero-order valence-electron chi connectivity index (χ0n) is 15.7. The van der Waals surface area contributed by atoms with Gasteiger partial charge in [0.15, 0.2) is 0 Å². The van der Waals surface area contributed by atoms with Crippen molar-refractivity contribution >= 4 is 20.7 Å². The van der Waals surface area contributed by atoms with Gasteiger partial charge in [-0.2, -0.15) is 0 Å². The average molecular weight is 337 g/mol. The predicted octanol–water partition coefficient (Wildman–Crippen LogP) is 7.08. The Hall–Kier alpha value is -0.213. The summed E-state index contributed by atoms with van der Waals surface area (Å²) in [7, 11) is -1.36. The molecule has 0 atom stereocenters. The van der Waals surface area contributed by atoms with Crippen LogP contribution in [0.25, 0.3) is 0 Å². The highest BCUT2D eigenvalue weighted by atomic mass is 32.1. The fourth-order valence-electron chi connectivity index (χ4n) is 4.28. The lowest BCUT2D eigenvalue weighted by Gasteiger charge is -2.43. The average Bonchev–Trinajstić information content (AvgIpc) is 2.43. The molecule has 0 unspecified atom stereocenters. The Morgan fingerprint density at radius 2 is 1.50 bits per heavy atom. The molecule has 22 heavy (non-hydrogen) atoms. The van der Waals surface area contributed by atoms with Crippen LogP contribution in [0.5, 0.6) is 0 Å². The van der Waals surface area contributed by atoms with Crippen LogP contribution in [0.2, 0.25) is 16.6 Å². The Kier molecular flexibility index (Phi) is 7.74. The van der Waals surface area contributed by atoms with Gasteiger partial charge in [-0.15, -0.1) is 12.6 Å². The number of benzene rings is 1. The van der Waals surface area contributed by atoms with Crippen LogP contribution in [0.15, 0.2) is 23.1 Å². The van der Waals surface area contributed by atoms with E-state index >= 15 is 0 Å². The molecule has 0 aliphatic rings. The van der Waals surface area contributed by atoms with E-state index < -0.39 is 8.07 Å². The molecule has 0 amide bonds. The van der Waals surface area contributed by atoms with Crippen molar-refractivity contribution in [2.75, 3.05) is 0 Å². The third kappa shape index (κ3) is 4.41. The maximum absolute atomic E-state index is 4.66. The zero-order valence-corrected chi connectivity index (χ0v) is 17.6. The van der Waals surface area contributed by atoms with Crippen molar-refractivity contribution in [3.8, 4) is 0 Å². The van der Waals surface area contributed by atoms with Gasteiger partial charge in [0.2, 0.25) is 0 Å². The van der Waals surface area contributed by atoms with E-state index in [1.54, 1.807) is 5.56 Å². The van der Waals surface area contributed by atoms with Crippen LogP contribution >= 0.6 is 12.6 Å². The summed E-state index contributed by atoms with van der Waals surface area (Å²) < 4.78 is 0. The van der Waals surface area contributed by atoms with Gasteiger partial charge < -0.3 is 0 Å². The summed E-state index contributed by atoms with van der Waals surface area (Å²) in [5.74, 6) is 0. The summed E-state index contributed by atoms with van der Waals surface area (Å²) in [6.07, 6.45) is 3.68. The first-order valence-electron chi connectivity index (χ1n) is 9.06. The van der Waals surface area contributed by atoms with Crippen LogP contribution < -0.4 is 0 Å². The van der Waals surface area contributed by atoms with E-state index in [2.05, 4.69) is 79.3 Å². The fourth-order valence-corrected chi connectivity index (χ4v) is 10.7. The number of hydrogen-bond donors (Lipinski definition) is 1. The quantitative estimate of drug-likeness (QED) is 0.380. The highest BCUT2D eigenvalue weighted by Crippen LogP contribution is 2.43. The lowest BCUT2D eigenvalue weighted by Crippen LogP contribution is -2.47. The Morgan fingerprint density at radius 3 is 1.95 bits per heavy atom. The summed E-state index contributed by atoms with van der Waals surface area (Å²) >= 11 is 4.66. The second-order valence-electron chi connectivity index (χ2n) is 7.82. The van der Waals surface area contributed by atoms with Gasteiger partial charge in [-0.3, -0.25) is 0 Å². The molecule has 0 aromatic heterocycles. The number of rotatable bonds is 8. The van der Waals surface area contributed by atoms with Crippen molar-refractivity contribution in [1.29, 1.82) is 0 Å². The summed E-state index contributed by atoms with van der Waals surface area (Å²) in [5, 5.41) is 0. The van der Waals surface area contributed by atoms with Crippen molar-refractivity contribution < 1.29 is 0 Å². The van der Waals surface area contributed by atoms with Crippen molar-refractivity contribution in [3.63, 3.8) is 0 Å². The minimum atomic E-state index is -1.36. The first-order valence-corrected chi connectivity index (χ1v) is 11.9. The van der Waals surface area contributed by atoms with E-state index in [-0.39, 0.29) is 0 Å². The zero-order chi connectivity index (χ0) is 16.9. The van der Waals surface area contributed by atoms with Gasteiger partial charge in [-0.1, -0.05) is 89.2 Å². The molecule has 0 radical (unpaired) electrons. The summed E-state index contributed by atoms with van der Waals surface area (Å²) in [5.41, 5.74) is 5.46. The van der Waals surface area contributed by atoms with Crippen LogP contribution in [-0.2, 0) is 12.5 Å². The van der Waals surface area contributed by atoms with Gasteiger partial charge in [-0.05, 0) is 30.5 Å². The maximum Gasteiger partial charge on any atom is 0.0656 e. The number of thiol groups is 1. The topological polar surface area (TPSA) is 0 Å². The molecule has 0 bridgehead atoms. The minimum absolute atomic E-state index is 0.822. The largest absolute Gasteiger partial charge is 0.143 e. The van der Waals surface area contributed by atoms with Crippen LogP contribution in [-0.4, -0.2) is 8.07 Å². The Labute approximate surface area is 145 Å². The molecule has 1 aromatic carbocycles. The third-order valence-electron chi connectivity index (χ3n) is 5.68. The molecule has 1 aromatic rings. The van der Waals surface area contributed by atoms with E-state index in [4.69, 9.17) is 0 Å². The van der Waals surface area contributed by atoms with E-state index in [0.717, 1.165) is 16.6 Å². The Morgan fingerprint density at radius 1 is 0.955 bits per heavy atom. The number of unbranched alkanes of at least 4 members (excludes halogenated alkanes) is 1. The lowest BCUT2D eigenvalue weighted by molar-refractivity contribution is 0.780. The lowest BCUT2D eigenvalue weighted by atomic mass is 10.1. The van der Waals surface area contributed by atoms with Crippen molar-refractivity contribution in [3.05, 3.63) is 29.3 Å². The fraction of sp³-hybridized carbons (Fsp3) is 0.700. The Balaban J connectivity index is 3.13. The molecule has 1 rings (SSSR count). The molecule has 0 spiro atoms. The van der Waals surface area contributed by atoms with Gasteiger partial charge >= 0.3 is 0 Å².